The van der Waals surface area contributed by atoms with Gasteiger partial charge < -0.3 is 9.84 Å². The van der Waals surface area contributed by atoms with E-state index in [9.17, 15) is 15.2 Å². The third kappa shape index (κ3) is 3.99. The van der Waals surface area contributed by atoms with Gasteiger partial charge in [-0.3, -0.25) is 4.79 Å². The van der Waals surface area contributed by atoms with Crippen molar-refractivity contribution < 1.29 is 14.6 Å². The van der Waals surface area contributed by atoms with E-state index in [1.54, 1.807) is 49.4 Å². The quantitative estimate of drug-likeness (QED) is 0.482. The van der Waals surface area contributed by atoms with E-state index in [0.29, 0.717) is 22.2 Å². The summed E-state index contributed by atoms with van der Waals surface area (Å²) < 4.78 is 5.77. The van der Waals surface area contributed by atoms with Crippen LogP contribution in [0.1, 0.15) is 22.8 Å². The van der Waals surface area contributed by atoms with Crippen LogP contribution in [0.2, 0.25) is 0 Å². The number of halogens is 1. The van der Waals surface area contributed by atoms with Gasteiger partial charge in [0.15, 0.2) is 11.5 Å². The second-order valence-corrected chi connectivity index (χ2v) is 5.50. The molecule has 2 aromatic carbocycles. The summed E-state index contributed by atoms with van der Waals surface area (Å²) in [5.41, 5.74) is 1.04. The lowest BCUT2D eigenvalue weighted by Crippen LogP contribution is -2.01. The molecule has 0 aliphatic heterocycles. The maximum Gasteiger partial charge on any atom is 0.203 e. The number of Topliss-reactive ketones (excluding diaryl/α,β-unsaturated/α-hetero) is 1. The van der Waals surface area contributed by atoms with Gasteiger partial charge in [-0.1, -0.05) is 30.3 Å². The van der Waals surface area contributed by atoms with Crippen LogP contribution in [-0.2, 0) is 0 Å². The molecule has 0 saturated heterocycles. The summed E-state index contributed by atoms with van der Waals surface area (Å²) in [6, 6.07) is 13.7. The number of phenolic OH excluding ortho intramolecular Hbond substituents is 1. The molecule has 0 fully saturated rings. The number of ether oxygens (including phenoxy) is 1. The standard InChI is InChI=1S/C18H14BrNO3/c1-2-23-16-10-12(9-15(19)18(16)22)8-14(11-20)17(21)13-6-4-3-5-7-13/h3-10,22H,2H2,1H3/b14-8+. The van der Waals surface area contributed by atoms with Crippen molar-refractivity contribution in [2.45, 2.75) is 6.92 Å². The molecular formula is C18H14BrNO3. The van der Waals surface area contributed by atoms with Crippen molar-refractivity contribution in [1.82, 2.24) is 0 Å². The lowest BCUT2D eigenvalue weighted by atomic mass is 10.0. The lowest BCUT2D eigenvalue weighted by molar-refractivity contribution is 0.104. The molecular weight excluding hydrogens is 358 g/mol. The predicted octanol–water partition coefficient (Wildman–Crippen LogP) is 4.34. The van der Waals surface area contributed by atoms with E-state index in [1.165, 1.54) is 6.08 Å². The highest BCUT2D eigenvalue weighted by atomic mass is 79.9. The Morgan fingerprint density at radius 1 is 1.35 bits per heavy atom. The second kappa shape index (κ2) is 7.61. The van der Waals surface area contributed by atoms with Crippen LogP contribution >= 0.6 is 15.9 Å². The monoisotopic (exact) mass is 371 g/mol. The van der Waals surface area contributed by atoms with Crippen molar-refractivity contribution in [3.05, 3.63) is 63.6 Å². The van der Waals surface area contributed by atoms with Crippen molar-refractivity contribution in [2.24, 2.45) is 0 Å². The van der Waals surface area contributed by atoms with Gasteiger partial charge in [0.2, 0.25) is 5.78 Å². The number of nitrogens with zero attached hydrogens (tertiary/aromatic N) is 1. The topological polar surface area (TPSA) is 70.3 Å². The Balaban J connectivity index is 2.43. The van der Waals surface area contributed by atoms with E-state index in [0.717, 1.165) is 0 Å². The molecule has 0 radical (unpaired) electrons. The molecule has 1 N–H and O–H groups in total. The Labute approximate surface area is 142 Å². The zero-order valence-corrected chi connectivity index (χ0v) is 14.0. The fraction of sp³-hybridized carbons (Fsp3) is 0.111. The van der Waals surface area contributed by atoms with Crippen molar-refractivity contribution in [3.8, 4) is 17.6 Å². The molecule has 0 unspecified atom stereocenters. The molecule has 0 aliphatic rings. The van der Waals surface area contributed by atoms with E-state index in [4.69, 9.17) is 4.74 Å². The number of hydrogen-bond acceptors (Lipinski definition) is 4. The van der Waals surface area contributed by atoms with Crippen LogP contribution in [0, 0.1) is 11.3 Å². The van der Waals surface area contributed by atoms with Gasteiger partial charge in [0.1, 0.15) is 11.6 Å². The molecule has 4 nitrogen and oxygen atoms in total. The van der Waals surface area contributed by atoms with Gasteiger partial charge in [-0.2, -0.15) is 5.26 Å². The van der Waals surface area contributed by atoms with Crippen LogP contribution in [-0.4, -0.2) is 17.5 Å². The molecule has 0 aliphatic carbocycles. The Kier molecular flexibility index (Phi) is 5.56. The zero-order chi connectivity index (χ0) is 16.8. The van der Waals surface area contributed by atoms with Crippen LogP contribution in [0.25, 0.3) is 6.08 Å². The molecule has 116 valence electrons. The number of allylic oxidation sites excluding steroid dienone is 1. The van der Waals surface area contributed by atoms with E-state index in [-0.39, 0.29) is 22.9 Å². The van der Waals surface area contributed by atoms with E-state index in [2.05, 4.69) is 15.9 Å². The Morgan fingerprint density at radius 3 is 2.65 bits per heavy atom. The molecule has 0 amide bonds. The first-order valence-electron chi connectivity index (χ1n) is 6.93. The van der Waals surface area contributed by atoms with Gasteiger partial charge in [0.25, 0.3) is 0 Å². The zero-order valence-electron chi connectivity index (χ0n) is 12.4. The second-order valence-electron chi connectivity index (χ2n) is 4.65. The minimum absolute atomic E-state index is 0.0104. The first-order valence-corrected chi connectivity index (χ1v) is 7.73. The molecule has 0 aromatic heterocycles. The fourth-order valence-corrected chi connectivity index (χ4v) is 2.46. The smallest absolute Gasteiger partial charge is 0.203 e. The Hall–Kier alpha value is -2.58. The molecule has 5 heteroatoms. The summed E-state index contributed by atoms with van der Waals surface area (Å²) in [6.07, 6.45) is 1.47. The Morgan fingerprint density at radius 2 is 2.04 bits per heavy atom. The third-order valence-electron chi connectivity index (χ3n) is 3.06. The normalized spacial score (nSPS) is 10.9. The first-order chi connectivity index (χ1) is 11.1. The highest BCUT2D eigenvalue weighted by molar-refractivity contribution is 9.10. The molecule has 0 atom stereocenters. The van der Waals surface area contributed by atoms with Crippen LogP contribution in [0.15, 0.2) is 52.5 Å². The summed E-state index contributed by atoms with van der Waals surface area (Å²) in [5.74, 6) is -0.0790. The van der Waals surface area contributed by atoms with Gasteiger partial charge in [-0.15, -0.1) is 0 Å². The largest absolute Gasteiger partial charge is 0.503 e. The van der Waals surface area contributed by atoms with Crippen molar-refractivity contribution in [3.63, 3.8) is 0 Å². The van der Waals surface area contributed by atoms with Gasteiger partial charge >= 0.3 is 0 Å². The number of carbonyl (C=O) groups is 1. The van der Waals surface area contributed by atoms with Crippen LogP contribution in [0.5, 0.6) is 11.5 Å². The Bertz CT molecular complexity index is 792. The minimum atomic E-state index is -0.352. The number of rotatable bonds is 5. The molecule has 0 saturated carbocycles. The van der Waals surface area contributed by atoms with Gasteiger partial charge in [0, 0.05) is 5.56 Å². The summed E-state index contributed by atoms with van der Waals surface area (Å²) in [6.45, 7) is 2.19. The maximum atomic E-state index is 12.4. The van der Waals surface area contributed by atoms with Crippen LogP contribution in [0.3, 0.4) is 0 Å². The lowest BCUT2D eigenvalue weighted by Gasteiger charge is -2.09. The van der Waals surface area contributed by atoms with Gasteiger partial charge in [0.05, 0.1) is 11.1 Å². The first kappa shape index (κ1) is 16.8. The number of nitriles is 1. The number of ketones is 1. The third-order valence-corrected chi connectivity index (χ3v) is 3.67. The van der Waals surface area contributed by atoms with Crippen molar-refractivity contribution >= 4 is 27.8 Å². The molecule has 2 rings (SSSR count). The van der Waals surface area contributed by atoms with E-state index < -0.39 is 0 Å². The van der Waals surface area contributed by atoms with Gasteiger partial charge in [-0.25, -0.2) is 0 Å². The summed E-state index contributed by atoms with van der Waals surface area (Å²) >= 11 is 3.23. The number of carbonyl (C=O) groups excluding carboxylic acids is 1. The summed E-state index contributed by atoms with van der Waals surface area (Å²) in [7, 11) is 0. The molecule has 0 heterocycles. The average Bonchev–Trinajstić information content (AvgIpc) is 2.57. The average molecular weight is 372 g/mol. The van der Waals surface area contributed by atoms with Crippen LogP contribution in [0.4, 0.5) is 0 Å². The molecule has 2 aromatic rings. The van der Waals surface area contributed by atoms with Crippen LogP contribution < -0.4 is 4.74 Å². The molecule has 0 bridgehead atoms. The maximum absolute atomic E-state index is 12.4. The number of aromatic hydroxyl groups is 1. The van der Waals surface area contributed by atoms with E-state index in [1.807, 2.05) is 6.07 Å². The highest BCUT2D eigenvalue weighted by Crippen LogP contribution is 2.36. The van der Waals surface area contributed by atoms with Crippen molar-refractivity contribution in [2.75, 3.05) is 6.61 Å². The van der Waals surface area contributed by atoms with Gasteiger partial charge in [-0.05, 0) is 46.6 Å². The number of benzene rings is 2. The summed E-state index contributed by atoms with van der Waals surface area (Å²) in [4.78, 5) is 12.4. The molecule has 0 spiro atoms. The predicted molar refractivity (Wildman–Crippen MR) is 91.3 cm³/mol. The number of hydrogen-bond donors (Lipinski definition) is 1. The minimum Gasteiger partial charge on any atom is -0.503 e. The molecule has 23 heavy (non-hydrogen) atoms. The highest BCUT2D eigenvalue weighted by Gasteiger charge is 2.13. The summed E-state index contributed by atoms with van der Waals surface area (Å²) in [5, 5.41) is 19.2. The van der Waals surface area contributed by atoms with E-state index >= 15 is 0 Å². The SMILES string of the molecule is CCOc1cc(/C=C(\C#N)C(=O)c2ccccc2)cc(Br)c1O. The number of phenols is 1. The fourth-order valence-electron chi connectivity index (χ4n) is 2.00. The van der Waals surface area contributed by atoms with Crippen molar-refractivity contribution in [1.29, 1.82) is 5.26 Å².